The first kappa shape index (κ1) is 5.07. The lowest BCUT2D eigenvalue weighted by atomic mass is 10.4. The molecule has 4 heteroatoms. The van der Waals surface area contributed by atoms with Gasteiger partial charge in [-0.25, -0.2) is 4.98 Å². The van der Waals surface area contributed by atoms with Gasteiger partial charge in [-0.3, -0.25) is 0 Å². The van der Waals surface area contributed by atoms with Crippen LogP contribution in [0.15, 0.2) is 16.8 Å². The number of nitrogens with zero attached hydrogens (tertiary/aromatic N) is 1. The Kier molecular flexibility index (Phi) is 1.50. The quantitative estimate of drug-likeness (QED) is 0.658. The van der Waals surface area contributed by atoms with Crippen LogP contribution in [-0.2, 0) is 0 Å². The van der Waals surface area contributed by atoms with E-state index in [1.54, 1.807) is 0 Å². The molecule has 0 N–H and O–H groups in total. The summed E-state index contributed by atoms with van der Waals surface area (Å²) in [5, 5.41) is 0. The standard InChI is InChI=1S/C6H5BrFNO/c1-10-4-2-3-9-6(7)5(4)8/h2-3H,1H3/i2D,3D. The zero-order valence-electron chi connectivity index (χ0n) is 7.11. The van der Waals surface area contributed by atoms with Gasteiger partial charge in [0.15, 0.2) is 11.6 Å². The molecule has 1 aromatic rings. The van der Waals surface area contributed by atoms with Crippen molar-refractivity contribution in [2.45, 2.75) is 0 Å². The average Bonchev–Trinajstić information content (AvgIpc) is 2.02. The molecule has 2 nitrogen and oxygen atoms in total. The van der Waals surface area contributed by atoms with Crippen LogP contribution in [0.5, 0.6) is 5.75 Å². The number of hydrogen-bond donors (Lipinski definition) is 0. The van der Waals surface area contributed by atoms with Crippen LogP contribution in [0, 0.1) is 5.82 Å². The molecule has 0 aliphatic carbocycles. The zero-order valence-corrected chi connectivity index (χ0v) is 6.70. The Balaban J connectivity index is 3.42. The van der Waals surface area contributed by atoms with E-state index < -0.39 is 5.82 Å². The number of ether oxygens (including phenoxy) is 1. The molecule has 0 saturated carbocycles. The summed E-state index contributed by atoms with van der Waals surface area (Å²) in [6.45, 7) is 0. The van der Waals surface area contributed by atoms with Gasteiger partial charge in [0, 0.05) is 12.2 Å². The molecule has 10 heavy (non-hydrogen) atoms. The van der Waals surface area contributed by atoms with Crippen molar-refractivity contribution in [3.63, 3.8) is 0 Å². The van der Waals surface area contributed by atoms with Gasteiger partial charge in [-0.05, 0) is 15.9 Å². The third-order valence-corrected chi connectivity index (χ3v) is 1.43. The largest absolute Gasteiger partial charge is 0.494 e. The van der Waals surface area contributed by atoms with Gasteiger partial charge in [0.05, 0.1) is 9.85 Å². The first-order valence-corrected chi connectivity index (χ1v) is 3.23. The summed E-state index contributed by atoms with van der Waals surface area (Å²) in [4.78, 5) is 3.42. The van der Waals surface area contributed by atoms with Crippen LogP contribution in [0.4, 0.5) is 4.39 Å². The van der Waals surface area contributed by atoms with E-state index in [0.29, 0.717) is 0 Å². The van der Waals surface area contributed by atoms with Crippen LogP contribution in [0.2, 0.25) is 0 Å². The second-order valence-corrected chi connectivity index (χ2v) is 2.24. The second-order valence-electron chi connectivity index (χ2n) is 1.49. The maximum Gasteiger partial charge on any atom is 0.197 e. The van der Waals surface area contributed by atoms with Gasteiger partial charge in [-0.15, -0.1) is 0 Å². The summed E-state index contributed by atoms with van der Waals surface area (Å²) in [6, 6.07) is -0.349. The minimum absolute atomic E-state index is 0.111. The van der Waals surface area contributed by atoms with E-state index in [1.165, 1.54) is 7.11 Å². The third-order valence-electron chi connectivity index (χ3n) is 0.908. The number of pyridine rings is 1. The number of rotatable bonds is 1. The van der Waals surface area contributed by atoms with Crippen LogP contribution < -0.4 is 4.74 Å². The average molecular weight is 208 g/mol. The first-order chi connectivity index (χ1) is 5.57. The number of halogens is 2. The zero-order chi connectivity index (χ0) is 9.30. The number of aromatic nitrogens is 1. The monoisotopic (exact) mass is 207 g/mol. The molecule has 0 aromatic carbocycles. The van der Waals surface area contributed by atoms with Gasteiger partial charge in [-0.1, -0.05) is 0 Å². The minimum Gasteiger partial charge on any atom is -0.494 e. The van der Waals surface area contributed by atoms with Crippen LogP contribution in [0.3, 0.4) is 0 Å². The predicted molar refractivity (Wildman–Crippen MR) is 38.4 cm³/mol. The molecule has 1 aromatic heterocycles. The van der Waals surface area contributed by atoms with E-state index in [1.807, 2.05) is 0 Å². The highest BCUT2D eigenvalue weighted by molar-refractivity contribution is 9.10. The number of methoxy groups -OCH3 is 1. The van der Waals surface area contributed by atoms with Crippen molar-refractivity contribution < 1.29 is 11.9 Å². The number of hydrogen-bond acceptors (Lipinski definition) is 2. The fraction of sp³-hybridized carbons (Fsp3) is 0.167. The highest BCUT2D eigenvalue weighted by atomic mass is 79.9. The van der Waals surface area contributed by atoms with Crippen molar-refractivity contribution in [2.24, 2.45) is 0 Å². The molecule has 0 fully saturated rings. The van der Waals surface area contributed by atoms with Gasteiger partial charge in [0.2, 0.25) is 0 Å². The lowest BCUT2D eigenvalue weighted by molar-refractivity contribution is 0.383. The molecule has 0 aliphatic heterocycles. The van der Waals surface area contributed by atoms with Crippen LogP contribution in [-0.4, -0.2) is 12.1 Å². The van der Waals surface area contributed by atoms with E-state index >= 15 is 0 Å². The van der Waals surface area contributed by atoms with Crippen molar-refractivity contribution in [2.75, 3.05) is 7.11 Å². The molecule has 0 atom stereocenters. The van der Waals surface area contributed by atoms with E-state index in [2.05, 4.69) is 25.7 Å². The molecule has 54 valence electrons. The summed E-state index contributed by atoms with van der Waals surface area (Å²) in [7, 11) is 1.24. The fourth-order valence-corrected chi connectivity index (χ4v) is 0.735. The maximum atomic E-state index is 13.0. The smallest absolute Gasteiger partial charge is 0.197 e. The minimum atomic E-state index is -0.751. The molecular formula is C6H5BrFNO. The Hall–Kier alpha value is -0.640. The Morgan fingerprint density at radius 2 is 2.60 bits per heavy atom. The Morgan fingerprint density at radius 3 is 3.20 bits per heavy atom. The van der Waals surface area contributed by atoms with Crippen LogP contribution in [0.1, 0.15) is 2.74 Å². The van der Waals surface area contributed by atoms with Crippen LogP contribution in [0.25, 0.3) is 0 Å². The predicted octanol–water partition coefficient (Wildman–Crippen LogP) is 1.99. The van der Waals surface area contributed by atoms with Crippen molar-refractivity contribution in [3.05, 3.63) is 22.6 Å². The van der Waals surface area contributed by atoms with Gasteiger partial charge >= 0.3 is 0 Å². The van der Waals surface area contributed by atoms with E-state index in [9.17, 15) is 4.39 Å². The van der Waals surface area contributed by atoms with E-state index in [0.717, 1.165) is 0 Å². The van der Waals surface area contributed by atoms with Gasteiger partial charge in [0.1, 0.15) is 4.60 Å². The lowest BCUT2D eigenvalue weighted by Crippen LogP contribution is -1.89. The lowest BCUT2D eigenvalue weighted by Gasteiger charge is -1.99. The highest BCUT2D eigenvalue weighted by Crippen LogP contribution is 2.21. The van der Waals surface area contributed by atoms with E-state index in [4.69, 9.17) is 2.74 Å². The fourth-order valence-electron chi connectivity index (χ4n) is 0.466. The second kappa shape index (κ2) is 2.96. The topological polar surface area (TPSA) is 22.1 Å². The Labute approximate surface area is 69.0 Å². The van der Waals surface area contributed by atoms with Gasteiger partial charge in [0.25, 0.3) is 0 Å². The van der Waals surface area contributed by atoms with Crippen LogP contribution >= 0.6 is 15.9 Å². The SMILES string of the molecule is [2H]c1nc(Br)c(F)c(OC)c1[2H]. The Bertz CT molecular complexity index is 295. The molecular weight excluding hydrogens is 201 g/mol. The van der Waals surface area contributed by atoms with E-state index in [-0.39, 0.29) is 22.6 Å². The van der Waals surface area contributed by atoms with Crippen molar-refractivity contribution >= 4 is 15.9 Å². The Morgan fingerprint density at radius 1 is 1.90 bits per heavy atom. The molecule has 1 rings (SSSR count). The molecule has 1 heterocycles. The summed E-state index contributed by atoms with van der Waals surface area (Å²) in [5.74, 6) is -1.01. The summed E-state index contributed by atoms with van der Waals surface area (Å²) in [6.07, 6.45) is -0.319. The molecule has 0 saturated heterocycles. The molecule has 0 spiro atoms. The molecule has 0 unspecified atom stereocenters. The van der Waals surface area contributed by atoms with Crippen molar-refractivity contribution in [1.29, 1.82) is 0 Å². The summed E-state index contributed by atoms with van der Waals surface area (Å²) >= 11 is 2.80. The summed E-state index contributed by atoms with van der Waals surface area (Å²) in [5.41, 5.74) is 0. The molecule has 0 bridgehead atoms. The highest BCUT2D eigenvalue weighted by Gasteiger charge is 2.05. The van der Waals surface area contributed by atoms with Gasteiger partial charge in [-0.2, -0.15) is 4.39 Å². The van der Waals surface area contributed by atoms with Crippen molar-refractivity contribution in [1.82, 2.24) is 4.98 Å². The van der Waals surface area contributed by atoms with Gasteiger partial charge < -0.3 is 4.74 Å². The third kappa shape index (κ3) is 1.26. The normalized spacial score (nSPS) is 12.3. The molecule has 0 radical (unpaired) electrons. The molecule has 0 amide bonds. The van der Waals surface area contributed by atoms with Crippen molar-refractivity contribution in [3.8, 4) is 5.75 Å². The maximum absolute atomic E-state index is 13.0. The molecule has 0 aliphatic rings. The summed E-state index contributed by atoms with van der Waals surface area (Å²) < 4.78 is 31.8. The first-order valence-electron chi connectivity index (χ1n) is 3.44.